The van der Waals surface area contributed by atoms with E-state index in [4.69, 9.17) is 0 Å². The first-order valence-corrected chi connectivity index (χ1v) is 5.38. The molecule has 5 nitrogen and oxygen atoms in total. The number of hydrogen-bond donors (Lipinski definition) is 2. The molecule has 2 rings (SSSR count). The zero-order chi connectivity index (χ0) is 11.4. The van der Waals surface area contributed by atoms with Crippen LogP contribution in [-0.4, -0.2) is 26.7 Å². The van der Waals surface area contributed by atoms with E-state index in [0.717, 1.165) is 35.9 Å². The molecular formula is C11H15N5. The molecule has 0 unspecified atom stereocenters. The third kappa shape index (κ3) is 2.18. The highest BCUT2D eigenvalue weighted by atomic mass is 15.2. The molecule has 2 heterocycles. The van der Waals surface area contributed by atoms with Gasteiger partial charge >= 0.3 is 0 Å². The first-order chi connectivity index (χ1) is 7.81. The minimum Gasteiger partial charge on any atom is -0.369 e. The largest absolute Gasteiger partial charge is 0.369 e. The molecule has 0 bridgehead atoms. The molecule has 5 heteroatoms. The molecule has 0 saturated heterocycles. The van der Waals surface area contributed by atoms with Crippen molar-refractivity contribution in [3.8, 4) is 11.4 Å². The van der Waals surface area contributed by atoms with E-state index in [1.54, 1.807) is 12.4 Å². The average molecular weight is 217 g/mol. The van der Waals surface area contributed by atoms with Gasteiger partial charge in [-0.05, 0) is 13.3 Å². The van der Waals surface area contributed by atoms with Crippen LogP contribution in [0, 0.1) is 6.92 Å². The Morgan fingerprint density at radius 1 is 1.31 bits per heavy atom. The second-order valence-electron chi connectivity index (χ2n) is 3.58. The molecule has 0 aromatic carbocycles. The minimum absolute atomic E-state index is 0.847. The molecule has 0 saturated carbocycles. The SMILES string of the molecule is CCCNc1cc(-c2nccnc2C)[nH]n1. The smallest absolute Gasteiger partial charge is 0.148 e. The fourth-order valence-corrected chi connectivity index (χ4v) is 1.46. The first kappa shape index (κ1) is 10.6. The van der Waals surface area contributed by atoms with Crippen molar-refractivity contribution < 1.29 is 0 Å². The fraction of sp³-hybridized carbons (Fsp3) is 0.364. The zero-order valence-electron chi connectivity index (χ0n) is 9.49. The predicted octanol–water partition coefficient (Wildman–Crippen LogP) is 2.00. The van der Waals surface area contributed by atoms with E-state index in [1.165, 1.54) is 0 Å². The Balaban J connectivity index is 2.22. The lowest BCUT2D eigenvalue weighted by Gasteiger charge is -1.99. The summed E-state index contributed by atoms with van der Waals surface area (Å²) in [6.07, 6.45) is 4.44. The van der Waals surface area contributed by atoms with Crippen molar-refractivity contribution >= 4 is 5.82 Å². The number of hydrogen-bond acceptors (Lipinski definition) is 4. The molecule has 0 fully saturated rings. The molecule has 2 N–H and O–H groups in total. The first-order valence-electron chi connectivity index (χ1n) is 5.38. The van der Waals surface area contributed by atoms with Crippen LogP contribution in [0.4, 0.5) is 5.82 Å². The van der Waals surface area contributed by atoms with E-state index in [2.05, 4.69) is 32.4 Å². The second kappa shape index (κ2) is 4.74. The van der Waals surface area contributed by atoms with Crippen LogP contribution in [0.25, 0.3) is 11.4 Å². The Morgan fingerprint density at radius 2 is 2.12 bits per heavy atom. The lowest BCUT2D eigenvalue weighted by Crippen LogP contribution is -1.99. The Hall–Kier alpha value is -1.91. The van der Waals surface area contributed by atoms with Crippen molar-refractivity contribution in [2.45, 2.75) is 20.3 Å². The van der Waals surface area contributed by atoms with Gasteiger partial charge in [0, 0.05) is 25.0 Å². The fourth-order valence-electron chi connectivity index (χ4n) is 1.46. The Morgan fingerprint density at radius 3 is 2.88 bits per heavy atom. The van der Waals surface area contributed by atoms with Crippen molar-refractivity contribution in [2.75, 3.05) is 11.9 Å². The molecule has 0 amide bonds. The standard InChI is InChI=1S/C11H15N5/c1-3-4-13-10-7-9(15-16-10)11-8(2)12-5-6-14-11/h5-7H,3-4H2,1-2H3,(H2,13,15,16). The number of aromatic amines is 1. The third-order valence-corrected chi connectivity index (χ3v) is 2.27. The van der Waals surface area contributed by atoms with E-state index in [0.29, 0.717) is 0 Å². The van der Waals surface area contributed by atoms with Gasteiger partial charge in [-0.15, -0.1) is 0 Å². The summed E-state index contributed by atoms with van der Waals surface area (Å²) in [5.41, 5.74) is 2.64. The van der Waals surface area contributed by atoms with Crippen molar-refractivity contribution in [2.24, 2.45) is 0 Å². The van der Waals surface area contributed by atoms with Gasteiger partial charge in [-0.25, -0.2) is 0 Å². The van der Waals surface area contributed by atoms with Gasteiger partial charge in [0.15, 0.2) is 0 Å². The lowest BCUT2D eigenvalue weighted by atomic mass is 10.2. The van der Waals surface area contributed by atoms with Crippen LogP contribution >= 0.6 is 0 Å². The third-order valence-electron chi connectivity index (χ3n) is 2.27. The maximum atomic E-state index is 4.28. The Kier molecular flexibility index (Phi) is 3.14. The van der Waals surface area contributed by atoms with E-state index in [-0.39, 0.29) is 0 Å². The minimum atomic E-state index is 0.847. The summed E-state index contributed by atoms with van der Waals surface area (Å²) < 4.78 is 0. The molecular weight excluding hydrogens is 202 g/mol. The Bertz CT molecular complexity index is 463. The maximum absolute atomic E-state index is 4.28. The molecule has 0 aliphatic carbocycles. The summed E-state index contributed by atoms with van der Waals surface area (Å²) in [5, 5.41) is 10.3. The molecule has 0 atom stereocenters. The number of aryl methyl sites for hydroxylation is 1. The summed E-state index contributed by atoms with van der Waals surface area (Å²) >= 11 is 0. The molecule has 0 aliphatic rings. The molecule has 0 spiro atoms. The van der Waals surface area contributed by atoms with Gasteiger partial charge < -0.3 is 5.32 Å². The predicted molar refractivity (Wildman–Crippen MR) is 63.1 cm³/mol. The molecule has 16 heavy (non-hydrogen) atoms. The van der Waals surface area contributed by atoms with Crippen LogP contribution in [0.5, 0.6) is 0 Å². The number of rotatable bonds is 4. The van der Waals surface area contributed by atoms with Crippen molar-refractivity contribution in [1.29, 1.82) is 0 Å². The molecule has 84 valence electrons. The normalized spacial score (nSPS) is 10.4. The van der Waals surface area contributed by atoms with Gasteiger partial charge in [0.1, 0.15) is 11.5 Å². The summed E-state index contributed by atoms with van der Waals surface area (Å²) in [4.78, 5) is 8.48. The van der Waals surface area contributed by atoms with E-state index in [9.17, 15) is 0 Å². The van der Waals surface area contributed by atoms with Gasteiger partial charge in [0.05, 0.1) is 11.4 Å². The number of nitrogens with one attached hydrogen (secondary N) is 2. The van der Waals surface area contributed by atoms with Crippen LogP contribution < -0.4 is 5.32 Å². The van der Waals surface area contributed by atoms with E-state index >= 15 is 0 Å². The number of aromatic nitrogens is 4. The Labute approximate surface area is 94.3 Å². The van der Waals surface area contributed by atoms with Gasteiger partial charge in [-0.3, -0.25) is 15.1 Å². The van der Waals surface area contributed by atoms with Crippen molar-refractivity contribution in [3.63, 3.8) is 0 Å². The van der Waals surface area contributed by atoms with Gasteiger partial charge in [0.2, 0.25) is 0 Å². The lowest BCUT2D eigenvalue weighted by molar-refractivity contribution is 0.960. The van der Waals surface area contributed by atoms with Crippen LogP contribution in [0.2, 0.25) is 0 Å². The monoisotopic (exact) mass is 217 g/mol. The number of nitrogens with zero attached hydrogens (tertiary/aromatic N) is 3. The molecule has 0 radical (unpaired) electrons. The van der Waals surface area contributed by atoms with Gasteiger partial charge in [-0.1, -0.05) is 6.92 Å². The zero-order valence-corrected chi connectivity index (χ0v) is 9.49. The summed E-state index contributed by atoms with van der Waals surface area (Å²) in [6, 6.07) is 1.95. The summed E-state index contributed by atoms with van der Waals surface area (Å²) in [5.74, 6) is 0.849. The number of H-pyrrole nitrogens is 1. The highest BCUT2D eigenvalue weighted by molar-refractivity contribution is 5.60. The van der Waals surface area contributed by atoms with E-state index < -0.39 is 0 Å². The van der Waals surface area contributed by atoms with Crippen LogP contribution in [0.1, 0.15) is 19.0 Å². The quantitative estimate of drug-likeness (QED) is 0.822. The van der Waals surface area contributed by atoms with Gasteiger partial charge in [0.25, 0.3) is 0 Å². The van der Waals surface area contributed by atoms with Crippen LogP contribution in [-0.2, 0) is 0 Å². The highest BCUT2D eigenvalue weighted by Crippen LogP contribution is 2.19. The molecule has 2 aromatic heterocycles. The van der Waals surface area contributed by atoms with E-state index in [1.807, 2.05) is 13.0 Å². The molecule has 0 aliphatic heterocycles. The summed E-state index contributed by atoms with van der Waals surface area (Å²) in [7, 11) is 0. The van der Waals surface area contributed by atoms with Crippen molar-refractivity contribution in [1.82, 2.24) is 20.2 Å². The average Bonchev–Trinajstić information content (AvgIpc) is 2.75. The number of anilines is 1. The topological polar surface area (TPSA) is 66.5 Å². The maximum Gasteiger partial charge on any atom is 0.148 e. The molecule has 2 aromatic rings. The van der Waals surface area contributed by atoms with Gasteiger partial charge in [-0.2, -0.15) is 5.10 Å². The van der Waals surface area contributed by atoms with Crippen molar-refractivity contribution in [3.05, 3.63) is 24.2 Å². The second-order valence-corrected chi connectivity index (χ2v) is 3.58. The highest BCUT2D eigenvalue weighted by Gasteiger charge is 2.07. The van der Waals surface area contributed by atoms with Crippen LogP contribution in [0.15, 0.2) is 18.5 Å². The summed E-state index contributed by atoms with van der Waals surface area (Å²) in [6.45, 7) is 4.97. The van der Waals surface area contributed by atoms with Crippen LogP contribution in [0.3, 0.4) is 0 Å².